The number of benzene rings is 2. The maximum atomic E-state index is 13.3. The highest BCUT2D eigenvalue weighted by Gasteiger charge is 2.31. The van der Waals surface area contributed by atoms with Crippen molar-refractivity contribution in [1.29, 1.82) is 0 Å². The molecule has 0 fully saturated rings. The standard InChI is InChI=1S/C24H22N6O3/c1-12-21(23(31)27-18-8-9-19-17(10-18)11-25-29-19)22(28-24(32)26-12)16-6-4-15(5-7-16)20-13(2)30-33-14(20)3/h4-11,22H,1-3H3,(H,25,29)(H,27,31)(H2,26,28,32). The number of hydrogen-bond acceptors (Lipinski definition) is 5. The molecule has 3 heterocycles. The number of hydrogen-bond donors (Lipinski definition) is 4. The zero-order valence-corrected chi connectivity index (χ0v) is 18.3. The first-order valence-electron chi connectivity index (χ1n) is 10.5. The molecule has 9 nitrogen and oxygen atoms in total. The van der Waals surface area contributed by atoms with Gasteiger partial charge in [-0.25, -0.2) is 4.79 Å². The monoisotopic (exact) mass is 442 g/mol. The van der Waals surface area contributed by atoms with Crippen molar-refractivity contribution >= 4 is 28.5 Å². The van der Waals surface area contributed by atoms with Crippen LogP contribution in [-0.4, -0.2) is 27.3 Å². The van der Waals surface area contributed by atoms with E-state index in [0.717, 1.165) is 39.0 Å². The van der Waals surface area contributed by atoms with Crippen molar-refractivity contribution in [3.05, 3.63) is 76.9 Å². The Bertz CT molecular complexity index is 1390. The average molecular weight is 442 g/mol. The van der Waals surface area contributed by atoms with Gasteiger partial charge in [0.2, 0.25) is 0 Å². The molecule has 1 unspecified atom stereocenters. The fourth-order valence-corrected chi connectivity index (χ4v) is 4.20. The number of aryl methyl sites for hydroxylation is 2. The van der Waals surface area contributed by atoms with Gasteiger partial charge in [0.25, 0.3) is 5.91 Å². The van der Waals surface area contributed by atoms with Crippen molar-refractivity contribution in [2.45, 2.75) is 26.8 Å². The number of carbonyl (C=O) groups excluding carboxylic acids is 2. The maximum Gasteiger partial charge on any atom is 0.319 e. The van der Waals surface area contributed by atoms with Gasteiger partial charge in [-0.3, -0.25) is 9.89 Å². The first-order valence-corrected chi connectivity index (χ1v) is 10.5. The molecule has 4 N–H and O–H groups in total. The summed E-state index contributed by atoms with van der Waals surface area (Å²) in [5.74, 6) is 0.434. The summed E-state index contributed by atoms with van der Waals surface area (Å²) in [5, 5.41) is 20.3. The van der Waals surface area contributed by atoms with E-state index in [-0.39, 0.29) is 11.9 Å². The SMILES string of the molecule is CC1=C(C(=O)Nc2ccc3[nH]ncc3c2)C(c2ccc(-c3c(C)noc3C)cc2)NC(=O)N1. The van der Waals surface area contributed by atoms with E-state index in [9.17, 15) is 9.59 Å². The zero-order chi connectivity index (χ0) is 23.1. The quantitative estimate of drug-likeness (QED) is 0.379. The first kappa shape index (κ1) is 20.5. The number of allylic oxidation sites excluding steroid dienone is 1. The van der Waals surface area contributed by atoms with Gasteiger partial charge in [0.15, 0.2) is 0 Å². The highest BCUT2D eigenvalue weighted by atomic mass is 16.5. The van der Waals surface area contributed by atoms with Gasteiger partial charge in [0.05, 0.1) is 29.0 Å². The molecule has 33 heavy (non-hydrogen) atoms. The average Bonchev–Trinajstić information content (AvgIpc) is 3.38. The fourth-order valence-electron chi connectivity index (χ4n) is 4.20. The molecule has 5 rings (SSSR count). The number of rotatable bonds is 4. The Morgan fingerprint density at radius 1 is 1.09 bits per heavy atom. The number of aromatic nitrogens is 3. The lowest BCUT2D eigenvalue weighted by molar-refractivity contribution is -0.113. The van der Waals surface area contributed by atoms with Gasteiger partial charge >= 0.3 is 6.03 Å². The minimum atomic E-state index is -0.602. The van der Waals surface area contributed by atoms with Gasteiger partial charge in [0.1, 0.15) is 5.76 Å². The van der Waals surface area contributed by atoms with Gasteiger partial charge in [-0.1, -0.05) is 29.4 Å². The largest absolute Gasteiger partial charge is 0.361 e. The summed E-state index contributed by atoms with van der Waals surface area (Å²) < 4.78 is 5.27. The number of nitrogens with zero attached hydrogens (tertiary/aromatic N) is 2. The molecule has 9 heteroatoms. The molecule has 3 amide bonds. The van der Waals surface area contributed by atoms with E-state index in [0.29, 0.717) is 17.0 Å². The Morgan fingerprint density at radius 2 is 1.88 bits per heavy atom. The van der Waals surface area contributed by atoms with Crippen molar-refractivity contribution in [3.8, 4) is 11.1 Å². The number of carbonyl (C=O) groups is 2. The maximum absolute atomic E-state index is 13.3. The van der Waals surface area contributed by atoms with Crippen molar-refractivity contribution < 1.29 is 14.1 Å². The number of aromatic amines is 1. The molecule has 2 aromatic heterocycles. The summed E-state index contributed by atoms with van der Waals surface area (Å²) in [7, 11) is 0. The van der Waals surface area contributed by atoms with E-state index in [2.05, 4.69) is 31.3 Å². The molecule has 0 aliphatic carbocycles. The van der Waals surface area contributed by atoms with Crippen LogP contribution in [0.15, 0.2) is 64.5 Å². The van der Waals surface area contributed by atoms with E-state index in [1.165, 1.54) is 0 Å². The van der Waals surface area contributed by atoms with Crippen molar-refractivity contribution in [2.75, 3.05) is 5.32 Å². The first-order chi connectivity index (χ1) is 15.9. The Hall–Kier alpha value is -4.40. The molecule has 1 aliphatic heterocycles. The highest BCUT2D eigenvalue weighted by Crippen LogP contribution is 2.32. The summed E-state index contributed by atoms with van der Waals surface area (Å²) in [6.07, 6.45) is 1.70. The molecule has 0 spiro atoms. The van der Waals surface area contributed by atoms with Crippen LogP contribution < -0.4 is 16.0 Å². The molecular formula is C24H22N6O3. The fraction of sp³-hybridized carbons (Fsp3) is 0.167. The van der Waals surface area contributed by atoms with Crippen LogP contribution in [0.5, 0.6) is 0 Å². The van der Waals surface area contributed by atoms with Crippen molar-refractivity contribution in [2.24, 2.45) is 0 Å². The molecule has 0 saturated heterocycles. The van der Waals surface area contributed by atoms with Gasteiger partial charge < -0.3 is 20.5 Å². The third-order valence-corrected chi connectivity index (χ3v) is 5.78. The van der Waals surface area contributed by atoms with Crippen molar-refractivity contribution in [3.63, 3.8) is 0 Å². The Balaban J connectivity index is 1.46. The lowest BCUT2D eigenvalue weighted by Crippen LogP contribution is -2.45. The van der Waals surface area contributed by atoms with E-state index in [4.69, 9.17) is 4.52 Å². The zero-order valence-electron chi connectivity index (χ0n) is 18.3. The minimum Gasteiger partial charge on any atom is -0.361 e. The number of nitrogens with one attached hydrogen (secondary N) is 4. The van der Waals surface area contributed by atoms with E-state index in [1.54, 1.807) is 19.2 Å². The second-order valence-corrected chi connectivity index (χ2v) is 8.02. The number of fused-ring (bicyclic) bond motifs is 1. The molecule has 2 aromatic carbocycles. The number of H-pyrrole nitrogens is 1. The summed E-state index contributed by atoms with van der Waals surface area (Å²) >= 11 is 0. The van der Waals surface area contributed by atoms with Crippen LogP contribution in [0.25, 0.3) is 22.0 Å². The van der Waals surface area contributed by atoms with Crippen LogP contribution in [0.3, 0.4) is 0 Å². The van der Waals surface area contributed by atoms with Crippen LogP contribution in [0.1, 0.15) is 30.0 Å². The molecule has 1 aliphatic rings. The predicted molar refractivity (Wildman–Crippen MR) is 123 cm³/mol. The highest BCUT2D eigenvalue weighted by molar-refractivity contribution is 6.07. The number of amides is 3. The van der Waals surface area contributed by atoms with Crippen LogP contribution >= 0.6 is 0 Å². The summed E-state index contributed by atoms with van der Waals surface area (Å²) in [6, 6.07) is 12.2. The normalized spacial score (nSPS) is 16.0. The predicted octanol–water partition coefficient (Wildman–Crippen LogP) is 4.10. The van der Waals surface area contributed by atoms with Gasteiger partial charge in [-0.2, -0.15) is 5.10 Å². The second kappa shape index (κ2) is 7.94. The molecule has 0 radical (unpaired) electrons. The van der Waals surface area contributed by atoms with Gasteiger partial charge in [-0.15, -0.1) is 0 Å². The second-order valence-electron chi connectivity index (χ2n) is 8.02. The molecule has 0 saturated carbocycles. The van der Waals surface area contributed by atoms with Crippen LogP contribution in [0, 0.1) is 13.8 Å². The lowest BCUT2D eigenvalue weighted by Gasteiger charge is -2.28. The Kier molecular flexibility index (Phi) is 4.93. The minimum absolute atomic E-state index is 0.303. The number of urea groups is 1. The molecule has 166 valence electrons. The van der Waals surface area contributed by atoms with Crippen LogP contribution in [0.2, 0.25) is 0 Å². The molecule has 1 atom stereocenters. The lowest BCUT2D eigenvalue weighted by atomic mass is 9.93. The van der Waals surface area contributed by atoms with Crippen molar-refractivity contribution in [1.82, 2.24) is 26.0 Å². The Labute approximate surface area is 189 Å². The summed E-state index contributed by atoms with van der Waals surface area (Å²) in [6.45, 7) is 5.48. The van der Waals surface area contributed by atoms with Crippen LogP contribution in [0.4, 0.5) is 10.5 Å². The summed E-state index contributed by atoms with van der Waals surface area (Å²) in [4.78, 5) is 25.5. The third-order valence-electron chi connectivity index (χ3n) is 5.78. The third kappa shape index (κ3) is 3.73. The van der Waals surface area contributed by atoms with E-state index in [1.807, 2.05) is 50.2 Å². The molecule has 0 bridgehead atoms. The van der Waals surface area contributed by atoms with E-state index >= 15 is 0 Å². The van der Waals surface area contributed by atoms with E-state index < -0.39 is 6.04 Å². The van der Waals surface area contributed by atoms with Crippen LogP contribution in [-0.2, 0) is 4.79 Å². The summed E-state index contributed by atoms with van der Waals surface area (Å²) in [5.41, 5.74) is 5.94. The smallest absolute Gasteiger partial charge is 0.319 e. The Morgan fingerprint density at radius 3 is 2.61 bits per heavy atom. The number of anilines is 1. The van der Waals surface area contributed by atoms with Gasteiger partial charge in [0, 0.05) is 22.3 Å². The molecule has 4 aromatic rings. The topological polar surface area (TPSA) is 125 Å². The molecular weight excluding hydrogens is 420 g/mol. The van der Waals surface area contributed by atoms with Gasteiger partial charge in [-0.05, 0) is 50.1 Å².